The van der Waals surface area contributed by atoms with E-state index in [1.807, 2.05) is 0 Å². The van der Waals surface area contributed by atoms with Crippen LogP contribution < -0.4 is 0 Å². The Morgan fingerprint density at radius 3 is 0.853 bits per heavy atom. The van der Waals surface area contributed by atoms with Gasteiger partial charge in [0.1, 0.15) is 19.3 Å². The predicted molar refractivity (Wildman–Crippen MR) is 386 cm³/mol. The zero-order chi connectivity index (χ0) is 70.1. The Hall–Kier alpha value is -2.46. The van der Waals surface area contributed by atoms with Gasteiger partial charge < -0.3 is 33.8 Å². The van der Waals surface area contributed by atoms with Crippen LogP contribution in [0.3, 0.4) is 0 Å². The van der Waals surface area contributed by atoms with E-state index in [9.17, 15) is 43.2 Å². The summed E-state index contributed by atoms with van der Waals surface area (Å²) in [5, 5.41) is 10.6. The number of allylic oxidation sites excluding steroid dienone is 4. The van der Waals surface area contributed by atoms with E-state index in [1.165, 1.54) is 154 Å². The standard InChI is InChI=1S/C76H144O17P2/c1-8-9-10-11-12-13-14-15-16-19-26-31-36-45-52-59-75(80)92-71(63-86-73(78)57-50-43-35-30-25-20-17-18-23-28-33-40-47-54-67(2)3)65-90-94(82,83)88-61-70(77)62-89-95(84,85)91-66-72(64-87-74(79)58-51-44-39-38-42-49-56-69(6)7)93-76(81)60-53-46-37-32-27-22-21-24-29-34-41-48-55-68(4)5/h13-16,67-72,77H,8-12,17-66H2,1-7H3,(H,82,83)(H,84,85)/b14-13-,16-15-/t70-,71-,72-/m1/s1. The van der Waals surface area contributed by atoms with E-state index in [2.05, 4.69) is 72.8 Å². The van der Waals surface area contributed by atoms with Gasteiger partial charge in [-0.05, 0) is 69.1 Å². The van der Waals surface area contributed by atoms with E-state index < -0.39 is 97.5 Å². The molecule has 0 aliphatic heterocycles. The third-order valence-electron chi connectivity index (χ3n) is 17.0. The van der Waals surface area contributed by atoms with Gasteiger partial charge in [-0.15, -0.1) is 0 Å². The molecule has 0 saturated heterocycles. The van der Waals surface area contributed by atoms with E-state index in [1.54, 1.807) is 0 Å². The molecule has 3 N–H and O–H groups in total. The summed E-state index contributed by atoms with van der Waals surface area (Å²) >= 11 is 0. The molecule has 0 bridgehead atoms. The molecular weight excluding hydrogens is 1250 g/mol. The SMILES string of the molecule is CCCCCC/C=C\C=C/CCCCCCCC(=O)O[C@H](COC(=O)CCCCCCCCCCCCCCCC(C)C)COP(=O)(O)OC[C@@H](O)COP(=O)(O)OC[C@@H](COC(=O)CCCCCCCCC(C)C)OC(=O)CCCCCCCCCCCCCCC(C)C. The van der Waals surface area contributed by atoms with Gasteiger partial charge in [-0.25, -0.2) is 9.13 Å². The fourth-order valence-corrected chi connectivity index (χ4v) is 12.6. The van der Waals surface area contributed by atoms with Crippen LogP contribution in [0.2, 0.25) is 0 Å². The monoisotopic (exact) mass is 1390 g/mol. The zero-order valence-electron chi connectivity index (χ0n) is 61.6. The maximum absolute atomic E-state index is 13.1. The lowest BCUT2D eigenvalue weighted by molar-refractivity contribution is -0.161. The average Bonchev–Trinajstić information content (AvgIpc) is 1.23. The van der Waals surface area contributed by atoms with Crippen molar-refractivity contribution in [2.24, 2.45) is 17.8 Å². The first-order valence-corrected chi connectivity index (χ1v) is 41.7. The summed E-state index contributed by atoms with van der Waals surface area (Å²) in [6, 6.07) is 0. The number of hydrogen-bond donors (Lipinski definition) is 3. The van der Waals surface area contributed by atoms with Crippen LogP contribution >= 0.6 is 15.6 Å². The molecule has 19 heteroatoms. The van der Waals surface area contributed by atoms with Crippen LogP contribution in [0.25, 0.3) is 0 Å². The normalized spacial score (nSPS) is 14.2. The van der Waals surface area contributed by atoms with Crippen molar-refractivity contribution in [3.8, 4) is 0 Å². The lowest BCUT2D eigenvalue weighted by Gasteiger charge is -2.21. The van der Waals surface area contributed by atoms with Gasteiger partial charge in [-0.2, -0.15) is 0 Å². The molecule has 0 aromatic heterocycles. The highest BCUT2D eigenvalue weighted by molar-refractivity contribution is 7.47. The molecular formula is C76H144O17P2. The minimum absolute atomic E-state index is 0.0848. The molecule has 0 amide bonds. The van der Waals surface area contributed by atoms with Crippen LogP contribution in [0.1, 0.15) is 363 Å². The second-order valence-electron chi connectivity index (χ2n) is 28.1. The van der Waals surface area contributed by atoms with Crippen LogP contribution in [0.5, 0.6) is 0 Å². The molecule has 0 saturated carbocycles. The largest absolute Gasteiger partial charge is 0.472 e. The van der Waals surface area contributed by atoms with Gasteiger partial charge in [-0.1, -0.05) is 310 Å². The number of hydrogen-bond acceptors (Lipinski definition) is 15. The molecule has 0 aliphatic rings. The smallest absolute Gasteiger partial charge is 0.462 e. The second kappa shape index (κ2) is 66.1. The molecule has 95 heavy (non-hydrogen) atoms. The molecule has 0 aromatic carbocycles. The molecule has 0 rings (SSSR count). The number of phosphoric ester groups is 2. The van der Waals surface area contributed by atoms with Crippen LogP contribution in [0.4, 0.5) is 0 Å². The predicted octanol–water partition coefficient (Wildman–Crippen LogP) is 21.7. The molecule has 0 aliphatic carbocycles. The van der Waals surface area contributed by atoms with Gasteiger partial charge in [0.15, 0.2) is 12.2 Å². The Labute approximate surface area is 580 Å². The van der Waals surface area contributed by atoms with E-state index in [0.717, 1.165) is 121 Å². The summed E-state index contributed by atoms with van der Waals surface area (Å²) < 4.78 is 68.4. The fraction of sp³-hybridized carbons (Fsp3) is 0.895. The highest BCUT2D eigenvalue weighted by Crippen LogP contribution is 2.45. The van der Waals surface area contributed by atoms with Gasteiger partial charge >= 0.3 is 39.5 Å². The number of carbonyl (C=O) groups is 4. The van der Waals surface area contributed by atoms with Gasteiger partial charge in [0.05, 0.1) is 26.4 Å². The summed E-state index contributed by atoms with van der Waals surface area (Å²) in [5.74, 6) is 0.0917. The first-order valence-electron chi connectivity index (χ1n) is 38.7. The molecule has 2 unspecified atom stereocenters. The molecule has 0 fully saturated rings. The van der Waals surface area contributed by atoms with E-state index in [-0.39, 0.29) is 25.7 Å². The quantitative estimate of drug-likeness (QED) is 0.0169. The number of unbranched alkanes of at least 4 members (excludes halogenated alkanes) is 37. The third kappa shape index (κ3) is 69.8. The van der Waals surface area contributed by atoms with Crippen molar-refractivity contribution >= 4 is 39.5 Å². The summed E-state index contributed by atoms with van der Waals surface area (Å²) in [7, 11) is -9.92. The number of aliphatic hydroxyl groups is 1. The zero-order valence-corrected chi connectivity index (χ0v) is 63.4. The maximum atomic E-state index is 13.1. The summed E-state index contributed by atoms with van der Waals surface area (Å²) in [6.07, 6.45) is 55.0. The van der Waals surface area contributed by atoms with E-state index >= 15 is 0 Å². The average molecular weight is 1390 g/mol. The molecule has 560 valence electrons. The maximum Gasteiger partial charge on any atom is 0.472 e. The molecule has 17 nitrogen and oxygen atoms in total. The van der Waals surface area contributed by atoms with Gasteiger partial charge in [0.25, 0.3) is 0 Å². The Balaban J connectivity index is 5.27. The van der Waals surface area contributed by atoms with Crippen LogP contribution in [0.15, 0.2) is 24.3 Å². The first-order chi connectivity index (χ1) is 45.7. The Bertz CT molecular complexity index is 1950. The van der Waals surface area contributed by atoms with Crippen molar-refractivity contribution in [1.82, 2.24) is 0 Å². The lowest BCUT2D eigenvalue weighted by atomic mass is 10.0. The molecule has 0 spiro atoms. The Morgan fingerprint density at radius 2 is 0.568 bits per heavy atom. The van der Waals surface area contributed by atoms with Crippen molar-refractivity contribution in [2.75, 3.05) is 39.6 Å². The number of rotatable bonds is 72. The van der Waals surface area contributed by atoms with E-state index in [4.69, 9.17) is 37.0 Å². The summed E-state index contributed by atoms with van der Waals surface area (Å²) in [4.78, 5) is 72.8. The summed E-state index contributed by atoms with van der Waals surface area (Å²) in [6.45, 7) is 11.8. The van der Waals surface area contributed by atoms with Gasteiger partial charge in [-0.3, -0.25) is 37.3 Å². The van der Waals surface area contributed by atoms with Crippen molar-refractivity contribution in [3.63, 3.8) is 0 Å². The lowest BCUT2D eigenvalue weighted by Crippen LogP contribution is -2.30. The number of carbonyl (C=O) groups excluding carboxylic acids is 4. The van der Waals surface area contributed by atoms with Crippen molar-refractivity contribution in [1.29, 1.82) is 0 Å². The molecule has 0 radical (unpaired) electrons. The Kier molecular flexibility index (Phi) is 64.4. The van der Waals surface area contributed by atoms with E-state index in [0.29, 0.717) is 31.6 Å². The molecule has 0 heterocycles. The number of aliphatic hydroxyl groups excluding tert-OH is 1. The topological polar surface area (TPSA) is 237 Å². The number of esters is 4. The minimum Gasteiger partial charge on any atom is -0.462 e. The summed E-state index contributed by atoms with van der Waals surface area (Å²) in [5.41, 5.74) is 0. The van der Waals surface area contributed by atoms with Crippen molar-refractivity contribution < 1.29 is 80.2 Å². The van der Waals surface area contributed by atoms with Crippen LogP contribution in [-0.2, 0) is 65.4 Å². The minimum atomic E-state index is -4.97. The van der Waals surface area contributed by atoms with Gasteiger partial charge in [0.2, 0.25) is 0 Å². The molecule has 5 atom stereocenters. The molecule has 0 aromatic rings. The fourth-order valence-electron chi connectivity index (χ4n) is 11.1. The van der Waals surface area contributed by atoms with Crippen LogP contribution in [-0.4, -0.2) is 96.7 Å². The third-order valence-corrected chi connectivity index (χ3v) is 18.9. The first kappa shape index (κ1) is 92.5. The van der Waals surface area contributed by atoms with Gasteiger partial charge in [0, 0.05) is 25.7 Å². The Morgan fingerprint density at radius 1 is 0.326 bits per heavy atom. The van der Waals surface area contributed by atoms with Crippen molar-refractivity contribution in [3.05, 3.63) is 24.3 Å². The van der Waals surface area contributed by atoms with Crippen LogP contribution in [0, 0.1) is 17.8 Å². The second-order valence-corrected chi connectivity index (χ2v) is 31.0. The number of ether oxygens (including phenoxy) is 4. The highest BCUT2D eigenvalue weighted by atomic mass is 31.2. The number of phosphoric acid groups is 2. The van der Waals surface area contributed by atoms with Crippen molar-refractivity contribution in [2.45, 2.75) is 381 Å². The highest BCUT2D eigenvalue weighted by Gasteiger charge is 2.30.